The fourth-order valence-electron chi connectivity index (χ4n) is 1.18. The van der Waals surface area contributed by atoms with Crippen LogP contribution in [0.2, 0.25) is 0 Å². The third kappa shape index (κ3) is 3.43. The maximum atomic E-state index is 11.7. The molecule has 4 nitrogen and oxygen atoms in total. The smallest absolute Gasteiger partial charge is 0.240 e. The van der Waals surface area contributed by atoms with Crippen LogP contribution in [0.1, 0.15) is 19.4 Å². The lowest BCUT2D eigenvalue weighted by Crippen LogP contribution is -2.28. The molecule has 0 aliphatic heterocycles. The van der Waals surface area contributed by atoms with Crippen molar-refractivity contribution in [1.29, 1.82) is 0 Å². The fraction of sp³-hybridized carbons (Fsp3) is 0.364. The number of ketones is 1. The number of carbonyl (C=O) groups excluding carboxylic acids is 1. The van der Waals surface area contributed by atoms with Crippen LogP contribution in [0, 0.1) is 0 Å². The molecule has 0 aliphatic rings. The molecule has 0 amide bonds. The van der Waals surface area contributed by atoms with Gasteiger partial charge < -0.3 is 0 Å². The van der Waals surface area contributed by atoms with Gasteiger partial charge in [-0.05, 0) is 31.0 Å². The van der Waals surface area contributed by atoms with Crippen molar-refractivity contribution in [3.8, 4) is 0 Å². The SMILES string of the molecule is CCc1ccc(S(=O)(=O)NCC(C)=O)cc1. The summed E-state index contributed by atoms with van der Waals surface area (Å²) in [6, 6.07) is 6.62. The minimum Gasteiger partial charge on any atom is -0.299 e. The quantitative estimate of drug-likeness (QED) is 0.840. The maximum Gasteiger partial charge on any atom is 0.240 e. The summed E-state index contributed by atoms with van der Waals surface area (Å²) in [5.41, 5.74) is 1.07. The lowest BCUT2D eigenvalue weighted by atomic mass is 10.2. The Kier molecular flexibility index (Phi) is 4.20. The van der Waals surface area contributed by atoms with Crippen molar-refractivity contribution in [2.75, 3.05) is 6.54 Å². The molecular formula is C11H15NO3S. The number of aryl methyl sites for hydroxylation is 1. The number of hydrogen-bond acceptors (Lipinski definition) is 3. The number of benzene rings is 1. The van der Waals surface area contributed by atoms with Gasteiger partial charge in [0.15, 0.2) is 0 Å². The number of Topliss-reactive ketones (excluding diaryl/α,β-unsaturated/α-hetero) is 1. The molecule has 0 aliphatic carbocycles. The molecule has 1 rings (SSSR count). The van der Waals surface area contributed by atoms with Gasteiger partial charge in [0.25, 0.3) is 0 Å². The predicted molar refractivity (Wildman–Crippen MR) is 61.7 cm³/mol. The molecule has 0 aromatic heterocycles. The minimum atomic E-state index is -3.55. The first-order valence-corrected chi connectivity index (χ1v) is 6.52. The van der Waals surface area contributed by atoms with Crippen molar-refractivity contribution < 1.29 is 13.2 Å². The molecule has 1 aromatic rings. The van der Waals surface area contributed by atoms with Crippen LogP contribution in [0.4, 0.5) is 0 Å². The first-order valence-electron chi connectivity index (χ1n) is 5.03. The van der Waals surface area contributed by atoms with Crippen molar-refractivity contribution in [3.05, 3.63) is 29.8 Å². The van der Waals surface area contributed by atoms with Gasteiger partial charge >= 0.3 is 0 Å². The summed E-state index contributed by atoms with van der Waals surface area (Å²) >= 11 is 0. The van der Waals surface area contributed by atoms with Gasteiger partial charge in [-0.1, -0.05) is 19.1 Å². The second kappa shape index (κ2) is 5.23. The summed E-state index contributed by atoms with van der Waals surface area (Å²) in [5, 5.41) is 0. The number of sulfonamides is 1. The third-order valence-corrected chi connectivity index (χ3v) is 3.57. The highest BCUT2D eigenvalue weighted by Gasteiger charge is 2.13. The van der Waals surface area contributed by atoms with E-state index in [1.165, 1.54) is 6.92 Å². The average Bonchev–Trinajstić information content (AvgIpc) is 2.27. The summed E-state index contributed by atoms with van der Waals surface area (Å²) in [4.78, 5) is 10.9. The Balaban J connectivity index is 2.85. The minimum absolute atomic E-state index is 0.169. The number of carbonyl (C=O) groups is 1. The lowest BCUT2D eigenvalue weighted by Gasteiger charge is -2.05. The molecule has 0 fully saturated rings. The van der Waals surface area contributed by atoms with Gasteiger partial charge in [0.1, 0.15) is 5.78 Å². The number of nitrogens with one attached hydrogen (secondary N) is 1. The molecule has 1 N–H and O–H groups in total. The van der Waals surface area contributed by atoms with Crippen LogP contribution < -0.4 is 4.72 Å². The van der Waals surface area contributed by atoms with E-state index in [9.17, 15) is 13.2 Å². The van der Waals surface area contributed by atoms with E-state index in [0.29, 0.717) is 0 Å². The van der Waals surface area contributed by atoms with Crippen LogP contribution in [0.25, 0.3) is 0 Å². The van der Waals surface area contributed by atoms with E-state index in [0.717, 1.165) is 12.0 Å². The Morgan fingerprint density at radius 2 is 1.81 bits per heavy atom. The van der Waals surface area contributed by atoms with Crippen LogP contribution in [-0.2, 0) is 21.2 Å². The van der Waals surface area contributed by atoms with Crippen molar-refractivity contribution in [2.24, 2.45) is 0 Å². The average molecular weight is 241 g/mol. The van der Waals surface area contributed by atoms with Crippen LogP contribution >= 0.6 is 0 Å². The summed E-state index contributed by atoms with van der Waals surface area (Å²) in [7, 11) is -3.55. The van der Waals surface area contributed by atoms with E-state index in [2.05, 4.69) is 4.72 Å². The van der Waals surface area contributed by atoms with E-state index >= 15 is 0 Å². The summed E-state index contributed by atoms with van der Waals surface area (Å²) < 4.78 is 25.6. The highest BCUT2D eigenvalue weighted by atomic mass is 32.2. The molecule has 5 heteroatoms. The molecule has 16 heavy (non-hydrogen) atoms. The summed E-state index contributed by atoms with van der Waals surface area (Å²) in [6.07, 6.45) is 0.862. The first-order chi connectivity index (χ1) is 7.45. The van der Waals surface area contributed by atoms with Crippen LogP contribution in [-0.4, -0.2) is 20.7 Å². The normalized spacial score (nSPS) is 11.4. The van der Waals surface area contributed by atoms with Gasteiger partial charge in [0.05, 0.1) is 11.4 Å². The summed E-state index contributed by atoms with van der Waals surface area (Å²) in [5.74, 6) is -0.214. The van der Waals surface area contributed by atoms with Gasteiger partial charge in [-0.15, -0.1) is 0 Å². The second-order valence-corrected chi connectivity index (χ2v) is 5.29. The molecule has 0 spiro atoms. The van der Waals surface area contributed by atoms with Crippen molar-refractivity contribution in [3.63, 3.8) is 0 Å². The Labute approximate surface area is 95.7 Å². The highest BCUT2D eigenvalue weighted by Crippen LogP contribution is 2.10. The second-order valence-electron chi connectivity index (χ2n) is 3.52. The topological polar surface area (TPSA) is 63.2 Å². The molecule has 0 saturated carbocycles. The van der Waals surface area contributed by atoms with Crippen LogP contribution in [0.3, 0.4) is 0 Å². The molecule has 0 unspecified atom stereocenters. The molecule has 0 heterocycles. The molecular weight excluding hydrogens is 226 g/mol. The molecule has 0 saturated heterocycles. The Morgan fingerprint density at radius 3 is 2.25 bits per heavy atom. The van der Waals surface area contributed by atoms with E-state index in [1.54, 1.807) is 24.3 Å². The zero-order chi connectivity index (χ0) is 12.2. The van der Waals surface area contributed by atoms with Gasteiger partial charge in [0.2, 0.25) is 10.0 Å². The summed E-state index contributed by atoms with van der Waals surface area (Å²) in [6.45, 7) is 3.16. The van der Waals surface area contributed by atoms with Gasteiger partial charge in [0, 0.05) is 0 Å². The lowest BCUT2D eigenvalue weighted by molar-refractivity contribution is -0.115. The Bertz CT molecular complexity index is 463. The zero-order valence-corrected chi connectivity index (χ0v) is 10.2. The molecule has 1 aromatic carbocycles. The molecule has 0 atom stereocenters. The highest BCUT2D eigenvalue weighted by molar-refractivity contribution is 7.89. The van der Waals surface area contributed by atoms with E-state index < -0.39 is 10.0 Å². The van der Waals surface area contributed by atoms with Crippen molar-refractivity contribution in [2.45, 2.75) is 25.2 Å². The predicted octanol–water partition coefficient (Wildman–Crippen LogP) is 1.12. The van der Waals surface area contributed by atoms with E-state index in [-0.39, 0.29) is 17.2 Å². The van der Waals surface area contributed by atoms with Crippen LogP contribution in [0.15, 0.2) is 29.2 Å². The zero-order valence-electron chi connectivity index (χ0n) is 9.36. The first kappa shape index (κ1) is 12.9. The third-order valence-electron chi connectivity index (χ3n) is 2.15. The van der Waals surface area contributed by atoms with Gasteiger partial charge in [-0.2, -0.15) is 0 Å². The Morgan fingerprint density at radius 1 is 1.25 bits per heavy atom. The molecule has 0 bridgehead atoms. The molecule has 88 valence electrons. The molecule has 0 radical (unpaired) electrons. The number of hydrogen-bond donors (Lipinski definition) is 1. The largest absolute Gasteiger partial charge is 0.299 e. The van der Waals surface area contributed by atoms with Gasteiger partial charge in [-0.25, -0.2) is 13.1 Å². The van der Waals surface area contributed by atoms with Crippen molar-refractivity contribution >= 4 is 15.8 Å². The fourth-order valence-corrected chi connectivity index (χ4v) is 2.24. The van der Waals surface area contributed by atoms with E-state index in [1.807, 2.05) is 6.92 Å². The maximum absolute atomic E-state index is 11.7. The standard InChI is InChI=1S/C11H15NO3S/c1-3-10-4-6-11(7-5-10)16(14,15)12-8-9(2)13/h4-7,12H,3,8H2,1-2H3. The van der Waals surface area contributed by atoms with E-state index in [4.69, 9.17) is 0 Å². The van der Waals surface area contributed by atoms with Gasteiger partial charge in [-0.3, -0.25) is 4.79 Å². The number of rotatable bonds is 5. The Hall–Kier alpha value is -1.20. The monoisotopic (exact) mass is 241 g/mol. The van der Waals surface area contributed by atoms with Crippen LogP contribution in [0.5, 0.6) is 0 Å². The van der Waals surface area contributed by atoms with Crippen molar-refractivity contribution in [1.82, 2.24) is 4.72 Å².